The number of aliphatic carboxylic acids is 1. The van der Waals surface area contributed by atoms with Crippen molar-refractivity contribution in [2.45, 2.75) is 11.2 Å². The van der Waals surface area contributed by atoms with Crippen LogP contribution in [0.4, 0.5) is 0 Å². The van der Waals surface area contributed by atoms with Crippen molar-refractivity contribution >= 4 is 37.8 Å². The van der Waals surface area contributed by atoms with Crippen molar-refractivity contribution in [3.63, 3.8) is 0 Å². The number of hydrogen-bond acceptors (Lipinski definition) is 1. The quantitative estimate of drug-likeness (QED) is 0.869. The highest BCUT2D eigenvalue weighted by atomic mass is 79.9. The third kappa shape index (κ3) is 3.12. The van der Waals surface area contributed by atoms with Crippen LogP contribution in [0, 0.1) is 0 Å². The van der Waals surface area contributed by atoms with Gasteiger partial charge in [0.05, 0.1) is 11.2 Å². The topological polar surface area (TPSA) is 37.3 Å². The van der Waals surface area contributed by atoms with Crippen molar-refractivity contribution in [1.29, 1.82) is 0 Å². The van der Waals surface area contributed by atoms with E-state index in [1.807, 2.05) is 24.3 Å². The van der Waals surface area contributed by atoms with Gasteiger partial charge in [0.25, 0.3) is 0 Å². The zero-order valence-electron chi connectivity index (χ0n) is 6.71. The molecule has 1 atom stereocenters. The van der Waals surface area contributed by atoms with Crippen LogP contribution in [0.3, 0.4) is 0 Å². The lowest BCUT2D eigenvalue weighted by Crippen LogP contribution is -2.00. The molecule has 0 aliphatic heterocycles. The molecule has 0 aromatic heterocycles. The summed E-state index contributed by atoms with van der Waals surface area (Å²) in [5.41, 5.74) is 0.963. The summed E-state index contributed by atoms with van der Waals surface area (Å²) in [6, 6.07) is 7.57. The molecule has 1 aromatic rings. The van der Waals surface area contributed by atoms with Crippen LogP contribution in [-0.4, -0.2) is 11.1 Å². The second-order valence-electron chi connectivity index (χ2n) is 2.59. The van der Waals surface area contributed by atoms with E-state index < -0.39 is 5.97 Å². The van der Waals surface area contributed by atoms with Gasteiger partial charge in [0.2, 0.25) is 0 Å². The van der Waals surface area contributed by atoms with E-state index in [9.17, 15) is 4.79 Å². The first-order valence-corrected chi connectivity index (χ1v) is 5.42. The molecule has 0 saturated heterocycles. The van der Waals surface area contributed by atoms with E-state index in [-0.39, 0.29) is 11.2 Å². The number of carboxylic acids is 1. The smallest absolute Gasteiger partial charge is 0.304 e. The highest BCUT2D eigenvalue weighted by Gasteiger charge is 2.13. The summed E-state index contributed by atoms with van der Waals surface area (Å²) < 4.78 is 0.929. The van der Waals surface area contributed by atoms with Gasteiger partial charge in [-0.2, -0.15) is 0 Å². The van der Waals surface area contributed by atoms with E-state index in [0.717, 1.165) is 10.0 Å². The fourth-order valence-corrected chi connectivity index (χ4v) is 2.54. The molecule has 1 aromatic carbocycles. The van der Waals surface area contributed by atoms with Crippen LogP contribution in [0.2, 0.25) is 0 Å². The molecule has 0 spiro atoms. The minimum absolute atomic E-state index is 0.0859. The number of halogens is 2. The number of carbonyl (C=O) groups is 1. The van der Waals surface area contributed by atoms with Gasteiger partial charge in [-0.1, -0.05) is 50.1 Å². The molecule has 0 radical (unpaired) electrons. The highest BCUT2D eigenvalue weighted by molar-refractivity contribution is 9.11. The van der Waals surface area contributed by atoms with E-state index in [1.165, 1.54) is 0 Å². The summed E-state index contributed by atoms with van der Waals surface area (Å²) in [6.45, 7) is 0. The number of hydrogen-bond donors (Lipinski definition) is 1. The number of alkyl halides is 1. The fourth-order valence-electron chi connectivity index (χ4n) is 0.992. The molecule has 2 nitrogen and oxygen atoms in total. The van der Waals surface area contributed by atoms with Crippen molar-refractivity contribution in [2.24, 2.45) is 0 Å². The molecule has 4 heteroatoms. The van der Waals surface area contributed by atoms with Crippen molar-refractivity contribution in [3.05, 3.63) is 34.3 Å². The Balaban J connectivity index is 2.82. The molecule has 70 valence electrons. The van der Waals surface area contributed by atoms with E-state index in [1.54, 1.807) is 0 Å². The van der Waals surface area contributed by atoms with Crippen LogP contribution in [0.1, 0.15) is 16.8 Å². The largest absolute Gasteiger partial charge is 0.481 e. The predicted molar refractivity (Wildman–Crippen MR) is 58.1 cm³/mol. The van der Waals surface area contributed by atoms with Crippen molar-refractivity contribution < 1.29 is 9.90 Å². The SMILES string of the molecule is O=C(O)CC(Br)c1ccccc1Br. The number of rotatable bonds is 3. The average molecular weight is 308 g/mol. The summed E-state index contributed by atoms with van der Waals surface area (Å²) in [4.78, 5) is 10.3. The molecule has 0 bridgehead atoms. The Hall–Kier alpha value is -0.350. The lowest BCUT2D eigenvalue weighted by Gasteiger charge is -2.08. The molecule has 1 N–H and O–H groups in total. The molecule has 0 amide bonds. The van der Waals surface area contributed by atoms with Crippen LogP contribution in [0.5, 0.6) is 0 Å². The van der Waals surface area contributed by atoms with Crippen LogP contribution in [0.25, 0.3) is 0 Å². The van der Waals surface area contributed by atoms with Crippen molar-refractivity contribution in [3.8, 4) is 0 Å². The second kappa shape index (κ2) is 4.77. The zero-order chi connectivity index (χ0) is 9.84. The zero-order valence-corrected chi connectivity index (χ0v) is 9.88. The normalized spacial score (nSPS) is 12.5. The molecule has 0 heterocycles. The van der Waals surface area contributed by atoms with Gasteiger partial charge in [-0.3, -0.25) is 4.79 Å². The Labute approximate surface area is 93.2 Å². The minimum atomic E-state index is -0.808. The van der Waals surface area contributed by atoms with E-state index in [2.05, 4.69) is 31.9 Å². The van der Waals surface area contributed by atoms with Gasteiger partial charge in [0.1, 0.15) is 0 Å². The highest BCUT2D eigenvalue weighted by Crippen LogP contribution is 2.31. The van der Waals surface area contributed by atoms with E-state index in [0.29, 0.717) is 0 Å². The average Bonchev–Trinajstić information content (AvgIpc) is 2.03. The summed E-state index contributed by atoms with van der Waals surface area (Å²) in [6.07, 6.45) is 0.0859. The fraction of sp³-hybridized carbons (Fsp3) is 0.222. The number of carboxylic acid groups (broad SMARTS) is 1. The predicted octanol–water partition coefficient (Wildman–Crippen LogP) is 3.36. The van der Waals surface area contributed by atoms with Gasteiger partial charge in [-0.15, -0.1) is 0 Å². The monoisotopic (exact) mass is 306 g/mol. The van der Waals surface area contributed by atoms with Gasteiger partial charge in [-0.05, 0) is 11.6 Å². The van der Waals surface area contributed by atoms with Gasteiger partial charge in [0.15, 0.2) is 0 Å². The van der Waals surface area contributed by atoms with Crippen LogP contribution in [0.15, 0.2) is 28.7 Å². The molecule has 0 aliphatic carbocycles. The van der Waals surface area contributed by atoms with Crippen LogP contribution >= 0.6 is 31.9 Å². The van der Waals surface area contributed by atoms with Crippen LogP contribution in [-0.2, 0) is 4.79 Å². The Bertz CT molecular complexity index is 312. The maximum atomic E-state index is 10.4. The first-order chi connectivity index (χ1) is 6.11. The Morgan fingerprint density at radius 3 is 2.62 bits per heavy atom. The molecule has 1 rings (SSSR count). The van der Waals surface area contributed by atoms with Gasteiger partial charge in [0, 0.05) is 4.47 Å². The van der Waals surface area contributed by atoms with Crippen LogP contribution < -0.4 is 0 Å². The molecular weight excluding hydrogens is 300 g/mol. The van der Waals surface area contributed by atoms with E-state index >= 15 is 0 Å². The Morgan fingerprint density at radius 1 is 1.46 bits per heavy atom. The molecule has 0 aliphatic rings. The Kier molecular flexibility index (Phi) is 3.93. The standard InChI is InChI=1S/C9H8Br2O2/c10-7-4-2-1-3-6(7)8(11)5-9(12)13/h1-4,8H,5H2,(H,12,13). The maximum absolute atomic E-state index is 10.4. The first kappa shape index (κ1) is 10.7. The van der Waals surface area contributed by atoms with Gasteiger partial charge >= 0.3 is 5.97 Å². The van der Waals surface area contributed by atoms with Gasteiger partial charge < -0.3 is 5.11 Å². The minimum Gasteiger partial charge on any atom is -0.481 e. The lowest BCUT2D eigenvalue weighted by atomic mass is 10.1. The summed E-state index contributed by atoms with van der Waals surface area (Å²) >= 11 is 6.69. The van der Waals surface area contributed by atoms with Crippen molar-refractivity contribution in [1.82, 2.24) is 0 Å². The molecule has 13 heavy (non-hydrogen) atoms. The Morgan fingerprint density at radius 2 is 2.08 bits per heavy atom. The van der Waals surface area contributed by atoms with E-state index in [4.69, 9.17) is 5.11 Å². The third-order valence-corrected chi connectivity index (χ3v) is 3.14. The third-order valence-electron chi connectivity index (χ3n) is 1.60. The summed E-state index contributed by atoms with van der Waals surface area (Å²) in [7, 11) is 0. The second-order valence-corrected chi connectivity index (χ2v) is 4.55. The summed E-state index contributed by atoms with van der Waals surface area (Å²) in [5, 5.41) is 8.59. The first-order valence-electron chi connectivity index (χ1n) is 3.71. The molecule has 0 saturated carbocycles. The van der Waals surface area contributed by atoms with Gasteiger partial charge in [-0.25, -0.2) is 0 Å². The molecular formula is C9H8Br2O2. The van der Waals surface area contributed by atoms with Crippen molar-refractivity contribution in [2.75, 3.05) is 0 Å². The summed E-state index contributed by atoms with van der Waals surface area (Å²) in [5.74, 6) is -0.808. The molecule has 0 fully saturated rings. The lowest BCUT2D eigenvalue weighted by molar-refractivity contribution is -0.136. The maximum Gasteiger partial charge on any atom is 0.304 e. The molecule has 1 unspecified atom stereocenters. The number of benzene rings is 1.